The quantitative estimate of drug-likeness (QED) is 0.0800. The normalized spacial score (nSPS) is 28.9. The Kier molecular flexibility index (Phi) is 18.1. The highest BCUT2D eigenvalue weighted by atomic mass is 14.5. The molecule has 0 atom stereocenters. The molecule has 0 spiro atoms. The summed E-state index contributed by atoms with van der Waals surface area (Å²) in [7, 11) is 0. The Balaban J connectivity index is 0.970. The number of allylic oxidation sites excluding steroid dienone is 4. The first-order valence-corrected chi connectivity index (χ1v) is 25.0. The summed E-state index contributed by atoms with van der Waals surface area (Å²) in [5.74, 6) is 7.22. The Morgan fingerprint density at radius 1 is 0.404 bits per heavy atom. The maximum atomic E-state index is 6.28. The van der Waals surface area contributed by atoms with Crippen LogP contribution in [0.4, 0.5) is 11.4 Å². The second kappa shape index (κ2) is 23.3. The average Bonchev–Trinajstić information content (AvgIpc) is 3.24. The molecular weight excluding hydrogens is 689 g/mol. The lowest BCUT2D eigenvalue weighted by atomic mass is 9.67. The van der Waals surface area contributed by atoms with E-state index in [1.807, 2.05) is 0 Å². The molecule has 6 rings (SSSR count). The van der Waals surface area contributed by atoms with Crippen LogP contribution < -0.4 is 11.5 Å². The molecule has 4 aliphatic rings. The first-order valence-electron chi connectivity index (χ1n) is 25.0. The van der Waals surface area contributed by atoms with Crippen LogP contribution in [0.25, 0.3) is 0 Å². The van der Waals surface area contributed by atoms with Gasteiger partial charge in [0.15, 0.2) is 0 Å². The second-order valence-electron chi connectivity index (χ2n) is 20.3. The highest BCUT2D eigenvalue weighted by Crippen LogP contribution is 2.44. The van der Waals surface area contributed by atoms with Crippen LogP contribution in [0.5, 0.6) is 0 Å². The Bertz CT molecular complexity index is 1310. The fourth-order valence-corrected chi connectivity index (χ4v) is 12.3. The van der Waals surface area contributed by atoms with E-state index in [0.29, 0.717) is 0 Å². The molecule has 2 aromatic carbocycles. The summed E-state index contributed by atoms with van der Waals surface area (Å²) < 4.78 is 0. The van der Waals surface area contributed by atoms with Gasteiger partial charge in [0, 0.05) is 16.8 Å². The van der Waals surface area contributed by atoms with Gasteiger partial charge in [0.1, 0.15) is 0 Å². The predicted molar refractivity (Wildman–Crippen MR) is 249 cm³/mol. The van der Waals surface area contributed by atoms with Crippen LogP contribution in [0.1, 0.15) is 205 Å². The van der Waals surface area contributed by atoms with Crippen LogP contribution in [-0.4, -0.2) is 0 Å². The minimum Gasteiger partial charge on any atom is -0.399 e. The smallest absolute Gasteiger partial charge is 0.0314 e. The number of benzene rings is 2. The molecule has 0 bridgehead atoms. The molecular formula is C55H86N2. The van der Waals surface area contributed by atoms with Crippen LogP contribution >= 0.6 is 0 Å². The molecule has 0 saturated heterocycles. The number of hydrogen-bond acceptors (Lipinski definition) is 2. The summed E-state index contributed by atoms with van der Waals surface area (Å²) in [5, 5.41) is 0. The molecule has 0 radical (unpaired) electrons. The van der Waals surface area contributed by atoms with Crippen molar-refractivity contribution in [1.29, 1.82) is 0 Å². The standard InChI is InChI=1S/C55H86N2/c1-3-9-43-13-21-47(22-14-43)29-31-49-25-17-45(18-26-49)11-5-7-41-55(51-33-37-53(56)38-34-51,52-35-39-54(57)40-36-52)42-8-6-12-46-19-27-50(28-20-46)32-30-48-23-15-44(10-4-2)16-24-48/h29-40,43-50H,3-28,41-42,56-57H2,1-2H3/b31-29+,32-30+. The zero-order valence-electron chi connectivity index (χ0n) is 37.0. The van der Waals surface area contributed by atoms with Crippen LogP contribution in [0, 0.1) is 47.3 Å². The Hall–Kier alpha value is -2.48. The lowest BCUT2D eigenvalue weighted by molar-refractivity contribution is 0.274. The van der Waals surface area contributed by atoms with Crippen molar-refractivity contribution in [3.05, 3.63) is 84.0 Å². The minimum atomic E-state index is 0.0116. The molecule has 57 heavy (non-hydrogen) atoms. The zero-order valence-corrected chi connectivity index (χ0v) is 37.0. The third kappa shape index (κ3) is 13.8. The van der Waals surface area contributed by atoms with E-state index in [9.17, 15) is 0 Å². The molecule has 2 heteroatoms. The van der Waals surface area contributed by atoms with Crippen LogP contribution in [0.3, 0.4) is 0 Å². The Morgan fingerprint density at radius 2 is 0.684 bits per heavy atom. The topological polar surface area (TPSA) is 52.0 Å². The third-order valence-corrected chi connectivity index (χ3v) is 16.1. The van der Waals surface area contributed by atoms with E-state index in [4.69, 9.17) is 11.5 Å². The number of nitrogens with two attached hydrogens (primary N) is 2. The van der Waals surface area contributed by atoms with Crippen LogP contribution in [-0.2, 0) is 5.41 Å². The van der Waals surface area contributed by atoms with Crippen LogP contribution in [0.15, 0.2) is 72.8 Å². The largest absolute Gasteiger partial charge is 0.399 e. The van der Waals surface area contributed by atoms with Crippen molar-refractivity contribution in [2.24, 2.45) is 47.3 Å². The van der Waals surface area contributed by atoms with E-state index in [-0.39, 0.29) is 5.41 Å². The van der Waals surface area contributed by atoms with E-state index in [2.05, 4.69) is 86.7 Å². The molecule has 4 aliphatic carbocycles. The average molecular weight is 775 g/mol. The van der Waals surface area contributed by atoms with Gasteiger partial charge in [0.05, 0.1) is 0 Å². The molecule has 4 saturated carbocycles. The fraction of sp³-hybridized carbons (Fsp3) is 0.709. The summed E-state index contributed by atoms with van der Waals surface area (Å²) in [4.78, 5) is 0. The zero-order chi connectivity index (χ0) is 39.7. The van der Waals surface area contributed by atoms with Crippen molar-refractivity contribution in [1.82, 2.24) is 0 Å². The van der Waals surface area contributed by atoms with Gasteiger partial charge >= 0.3 is 0 Å². The SMILES string of the molecule is CCCC1CCC(/C=C/C2CCC(CCCCC(CCCCC3CCC(/C=C/C4CCC(CCC)CC4)CC3)(c3ccc(N)cc3)c3ccc(N)cc3)CC2)CC1. The van der Waals surface area contributed by atoms with Crippen molar-refractivity contribution in [2.75, 3.05) is 11.5 Å². The Labute approximate surface area is 351 Å². The lowest BCUT2D eigenvalue weighted by Crippen LogP contribution is -2.28. The van der Waals surface area contributed by atoms with E-state index < -0.39 is 0 Å². The predicted octanol–water partition coefficient (Wildman–Crippen LogP) is 16.2. The van der Waals surface area contributed by atoms with Gasteiger partial charge in [-0.05, 0) is 198 Å². The fourth-order valence-electron chi connectivity index (χ4n) is 12.3. The van der Waals surface area contributed by atoms with E-state index >= 15 is 0 Å². The van der Waals surface area contributed by atoms with Crippen LogP contribution in [0.2, 0.25) is 0 Å². The van der Waals surface area contributed by atoms with Crippen molar-refractivity contribution >= 4 is 11.4 Å². The van der Waals surface area contributed by atoms with E-state index in [0.717, 1.165) is 58.7 Å². The van der Waals surface area contributed by atoms with Crippen molar-refractivity contribution in [3.63, 3.8) is 0 Å². The number of nitrogen functional groups attached to an aromatic ring is 2. The highest BCUT2D eigenvalue weighted by Gasteiger charge is 2.34. The van der Waals surface area contributed by atoms with E-state index in [1.54, 1.807) is 0 Å². The summed E-state index contributed by atoms with van der Waals surface area (Å²) in [6, 6.07) is 17.9. The molecule has 0 aliphatic heterocycles. The molecule has 4 fully saturated rings. The number of unbranched alkanes of at least 4 members (excludes halogenated alkanes) is 2. The molecule has 316 valence electrons. The maximum Gasteiger partial charge on any atom is 0.0314 e. The molecule has 2 nitrogen and oxygen atoms in total. The first-order chi connectivity index (χ1) is 27.9. The lowest BCUT2D eigenvalue weighted by Gasteiger charge is -2.37. The maximum absolute atomic E-state index is 6.28. The first kappa shape index (κ1) is 44.1. The van der Waals surface area contributed by atoms with Crippen molar-refractivity contribution in [2.45, 2.75) is 199 Å². The van der Waals surface area contributed by atoms with Gasteiger partial charge in [0.25, 0.3) is 0 Å². The number of hydrogen-bond donors (Lipinski definition) is 2. The molecule has 0 heterocycles. The number of anilines is 2. The van der Waals surface area contributed by atoms with Gasteiger partial charge < -0.3 is 11.5 Å². The summed E-state index contributed by atoms with van der Waals surface area (Å²) in [6.45, 7) is 4.70. The summed E-state index contributed by atoms with van der Waals surface area (Å²) in [6.07, 6.45) is 49.6. The molecule has 0 aromatic heterocycles. The van der Waals surface area contributed by atoms with Gasteiger partial charge in [-0.15, -0.1) is 0 Å². The summed E-state index contributed by atoms with van der Waals surface area (Å²) in [5.41, 5.74) is 17.2. The number of rotatable bonds is 20. The molecule has 4 N–H and O–H groups in total. The van der Waals surface area contributed by atoms with Crippen molar-refractivity contribution in [3.8, 4) is 0 Å². The minimum absolute atomic E-state index is 0.0116. The van der Waals surface area contributed by atoms with Gasteiger partial charge in [-0.2, -0.15) is 0 Å². The molecule has 2 aromatic rings. The second-order valence-corrected chi connectivity index (χ2v) is 20.3. The van der Waals surface area contributed by atoms with E-state index in [1.165, 1.54) is 191 Å². The molecule has 0 unspecified atom stereocenters. The van der Waals surface area contributed by atoms with Gasteiger partial charge in [-0.3, -0.25) is 0 Å². The third-order valence-electron chi connectivity index (χ3n) is 16.1. The van der Waals surface area contributed by atoms with Gasteiger partial charge in [-0.1, -0.05) is 127 Å². The molecule has 0 amide bonds. The van der Waals surface area contributed by atoms with Gasteiger partial charge in [0.2, 0.25) is 0 Å². The Morgan fingerprint density at radius 3 is 0.965 bits per heavy atom. The monoisotopic (exact) mass is 775 g/mol. The van der Waals surface area contributed by atoms with Gasteiger partial charge in [-0.25, -0.2) is 0 Å². The summed E-state index contributed by atoms with van der Waals surface area (Å²) >= 11 is 0. The highest BCUT2D eigenvalue weighted by molar-refractivity contribution is 5.49. The van der Waals surface area contributed by atoms with Crippen molar-refractivity contribution < 1.29 is 0 Å².